The molecule has 0 radical (unpaired) electrons. The van der Waals surface area contributed by atoms with Crippen molar-refractivity contribution in [3.8, 4) is 34.5 Å². The first kappa shape index (κ1) is 42.6. The van der Waals surface area contributed by atoms with E-state index in [4.69, 9.17) is 28.8 Å². The van der Waals surface area contributed by atoms with Gasteiger partial charge in [-0.2, -0.15) is 0 Å². The summed E-state index contributed by atoms with van der Waals surface area (Å²) in [6, 6.07) is 9.71. The lowest BCUT2D eigenvalue weighted by Gasteiger charge is -2.11. The fourth-order valence-corrected chi connectivity index (χ4v) is 4.09. The van der Waals surface area contributed by atoms with E-state index in [1.54, 1.807) is 51.1 Å². The molecule has 0 atom stereocenters. The van der Waals surface area contributed by atoms with Crippen LogP contribution in [0.25, 0.3) is 12.2 Å². The first-order chi connectivity index (χ1) is 23.9. The summed E-state index contributed by atoms with van der Waals surface area (Å²) >= 11 is 0. The third kappa shape index (κ3) is 14.7. The van der Waals surface area contributed by atoms with E-state index in [2.05, 4.69) is 4.74 Å². The molecule has 2 N–H and O–H groups in total. The molecule has 0 spiro atoms. The molecule has 0 heterocycles. The Labute approximate surface area is 294 Å². The van der Waals surface area contributed by atoms with Gasteiger partial charge in [-0.15, -0.1) is 0 Å². The smallest absolute Gasteiger partial charge is 0.338 e. The van der Waals surface area contributed by atoms with Gasteiger partial charge in [-0.1, -0.05) is 0 Å². The van der Waals surface area contributed by atoms with Gasteiger partial charge in [-0.3, -0.25) is 19.2 Å². The number of aromatic hydroxyl groups is 1. The molecular formula is C37H40O14. The van der Waals surface area contributed by atoms with Crippen molar-refractivity contribution in [1.82, 2.24) is 0 Å². The average molecular weight is 709 g/mol. The van der Waals surface area contributed by atoms with E-state index >= 15 is 0 Å². The summed E-state index contributed by atoms with van der Waals surface area (Å²) in [6.45, 7) is 8.95. The topological polar surface area (TPSA) is 198 Å². The lowest BCUT2D eigenvalue weighted by Crippen LogP contribution is -2.06. The van der Waals surface area contributed by atoms with E-state index in [9.17, 15) is 33.9 Å². The summed E-state index contributed by atoms with van der Waals surface area (Å²) in [4.78, 5) is 64.7. The van der Waals surface area contributed by atoms with Crippen LogP contribution in [-0.4, -0.2) is 67.7 Å². The lowest BCUT2D eigenvalue weighted by molar-refractivity contribution is -0.154. The van der Waals surface area contributed by atoms with E-state index in [-0.39, 0.29) is 5.75 Å². The summed E-state index contributed by atoms with van der Waals surface area (Å²) < 4.78 is 29.6. The highest BCUT2D eigenvalue weighted by Crippen LogP contribution is 2.34. The van der Waals surface area contributed by atoms with Crippen LogP contribution in [0.5, 0.6) is 34.5 Å². The predicted octanol–water partition coefficient (Wildman–Crippen LogP) is 5.58. The maximum Gasteiger partial charge on any atom is 0.338 e. The van der Waals surface area contributed by atoms with E-state index in [1.165, 1.54) is 53.4 Å². The third-order valence-corrected chi connectivity index (χ3v) is 6.18. The Bertz CT molecular complexity index is 1820. The quantitative estimate of drug-likeness (QED) is 0.0870. The number of carboxylic acids is 1. The van der Waals surface area contributed by atoms with Gasteiger partial charge >= 0.3 is 29.8 Å². The van der Waals surface area contributed by atoms with Crippen LogP contribution < -0.4 is 23.7 Å². The summed E-state index contributed by atoms with van der Waals surface area (Å²) in [7, 11) is 4.34. The molecule has 0 unspecified atom stereocenters. The number of aliphatic carboxylic acids is 1. The highest BCUT2D eigenvalue weighted by atomic mass is 16.6. The highest BCUT2D eigenvalue weighted by molar-refractivity contribution is 5.94. The largest absolute Gasteiger partial charge is 0.504 e. The zero-order valence-electron chi connectivity index (χ0n) is 29.6. The zero-order valence-corrected chi connectivity index (χ0v) is 29.6. The van der Waals surface area contributed by atoms with Gasteiger partial charge in [-0.05, 0) is 97.1 Å². The molecule has 0 saturated heterocycles. The molecule has 14 nitrogen and oxygen atoms in total. The van der Waals surface area contributed by atoms with E-state index in [0.29, 0.717) is 62.1 Å². The zero-order chi connectivity index (χ0) is 38.8. The molecule has 3 aromatic carbocycles. The van der Waals surface area contributed by atoms with Crippen LogP contribution in [0.1, 0.15) is 58.9 Å². The Hall–Kier alpha value is -6.44. The molecular weight excluding hydrogens is 668 g/mol. The van der Waals surface area contributed by atoms with Crippen molar-refractivity contribution < 1.29 is 67.4 Å². The number of methoxy groups -OCH3 is 3. The van der Waals surface area contributed by atoms with Crippen LogP contribution >= 0.6 is 0 Å². The number of carbonyl (C=O) groups is 6. The molecule has 0 aromatic heterocycles. The van der Waals surface area contributed by atoms with Gasteiger partial charge in [0.25, 0.3) is 0 Å². The molecule has 0 amide bonds. The van der Waals surface area contributed by atoms with Crippen LogP contribution in [0.15, 0.2) is 48.6 Å². The highest BCUT2D eigenvalue weighted by Gasteiger charge is 2.13. The van der Waals surface area contributed by atoms with Crippen LogP contribution in [0.4, 0.5) is 0 Å². The van der Waals surface area contributed by atoms with Crippen molar-refractivity contribution in [3.05, 3.63) is 81.9 Å². The molecule has 272 valence electrons. The maximum absolute atomic E-state index is 11.2. The lowest BCUT2D eigenvalue weighted by atomic mass is 10.1. The third-order valence-electron chi connectivity index (χ3n) is 6.18. The van der Waals surface area contributed by atoms with Gasteiger partial charge in [0.15, 0.2) is 34.5 Å². The van der Waals surface area contributed by atoms with Crippen molar-refractivity contribution >= 4 is 48.3 Å². The van der Waals surface area contributed by atoms with Crippen molar-refractivity contribution in [2.24, 2.45) is 0 Å². The monoisotopic (exact) mass is 708 g/mol. The van der Waals surface area contributed by atoms with Crippen LogP contribution in [-0.2, 0) is 28.7 Å². The number of esters is 4. The van der Waals surface area contributed by atoms with Gasteiger partial charge in [0, 0.05) is 38.5 Å². The van der Waals surface area contributed by atoms with Gasteiger partial charge in [-0.25, -0.2) is 9.59 Å². The standard InChI is InChI=1S/C15H16O6.C13H14O5.C9H10O3/c1-9-7-12(5-6-14(18)20-10(2)16)8-13(19-4)15(9)21-11(3)17;1-8-6-10(4-5-12(15)16)7-11(17-3)13(8)18-9(2)14;1-6-3-7(5-10)4-8(12-2)9(6)11/h5-8H,1-4H3;4-7H,1-3H3,(H,15,16);3-5,11H,1-2H3/b6-5+;5-4+;. The Morgan fingerprint density at radius 3 is 1.37 bits per heavy atom. The Morgan fingerprint density at radius 2 is 1.00 bits per heavy atom. The van der Waals surface area contributed by atoms with E-state index < -0.39 is 29.8 Å². The second-order valence-corrected chi connectivity index (χ2v) is 10.3. The molecule has 3 rings (SSSR count). The van der Waals surface area contributed by atoms with Gasteiger partial charge in [0.05, 0.1) is 21.3 Å². The first-order valence-corrected chi connectivity index (χ1v) is 14.8. The van der Waals surface area contributed by atoms with Crippen LogP contribution in [0.2, 0.25) is 0 Å². The van der Waals surface area contributed by atoms with Crippen molar-refractivity contribution in [2.45, 2.75) is 41.5 Å². The van der Waals surface area contributed by atoms with Crippen LogP contribution in [0.3, 0.4) is 0 Å². The SMILES string of the molecule is COc1cc(/C=C/C(=O)O)cc(C)c1OC(C)=O.COc1cc(/C=C/C(=O)OC(C)=O)cc(C)c1OC(C)=O.COc1cc(C=O)cc(C)c1O. The van der Waals surface area contributed by atoms with Gasteiger partial charge in [0.1, 0.15) is 6.29 Å². The normalized spacial score (nSPS) is 10.1. The fraction of sp³-hybridized carbons (Fsp3) is 0.243. The minimum Gasteiger partial charge on any atom is -0.504 e. The summed E-state index contributed by atoms with van der Waals surface area (Å²) in [5, 5.41) is 17.9. The molecule has 14 heteroatoms. The number of hydrogen-bond acceptors (Lipinski definition) is 13. The number of phenolic OH excluding ortho intramolecular Hbond substituents is 1. The Balaban J connectivity index is 0.000000396. The number of ether oxygens (including phenoxy) is 6. The van der Waals surface area contributed by atoms with Gasteiger partial charge < -0.3 is 38.6 Å². The minimum atomic E-state index is -1.03. The maximum atomic E-state index is 11.2. The van der Waals surface area contributed by atoms with E-state index in [0.717, 1.165) is 25.4 Å². The van der Waals surface area contributed by atoms with Gasteiger partial charge in [0.2, 0.25) is 0 Å². The molecule has 51 heavy (non-hydrogen) atoms. The number of phenols is 1. The second kappa shape index (κ2) is 20.8. The average Bonchev–Trinajstić information content (AvgIpc) is 3.05. The molecule has 0 aliphatic rings. The first-order valence-electron chi connectivity index (χ1n) is 14.8. The molecule has 0 saturated carbocycles. The Kier molecular flexibility index (Phi) is 17.4. The number of aryl methyl sites for hydroxylation is 3. The number of aldehydes is 1. The number of carboxylic acid groups (broad SMARTS) is 1. The summed E-state index contributed by atoms with van der Waals surface area (Å²) in [6.07, 6.45) is 5.78. The summed E-state index contributed by atoms with van der Waals surface area (Å²) in [5.74, 6) is -1.52. The predicted molar refractivity (Wildman–Crippen MR) is 185 cm³/mol. The molecule has 0 aliphatic heterocycles. The summed E-state index contributed by atoms with van der Waals surface area (Å²) in [5.41, 5.74) is 3.79. The van der Waals surface area contributed by atoms with Crippen LogP contribution in [0, 0.1) is 20.8 Å². The number of hydrogen-bond donors (Lipinski definition) is 2. The number of carbonyl (C=O) groups excluding carboxylic acids is 5. The second-order valence-electron chi connectivity index (χ2n) is 10.3. The van der Waals surface area contributed by atoms with Crippen molar-refractivity contribution in [1.29, 1.82) is 0 Å². The minimum absolute atomic E-state index is 0.0862. The van der Waals surface area contributed by atoms with Crippen molar-refractivity contribution in [2.75, 3.05) is 21.3 Å². The fourth-order valence-electron chi connectivity index (χ4n) is 4.09. The number of benzene rings is 3. The van der Waals surface area contributed by atoms with Crippen molar-refractivity contribution in [3.63, 3.8) is 0 Å². The molecule has 0 bridgehead atoms. The molecule has 0 fully saturated rings. The molecule has 0 aliphatic carbocycles. The Morgan fingerprint density at radius 1 is 0.588 bits per heavy atom. The molecule has 3 aromatic rings. The number of rotatable bonds is 10. The van der Waals surface area contributed by atoms with E-state index in [1.807, 2.05) is 0 Å².